The largest absolute Gasteiger partial charge is 0.356 e. The molecule has 140 valence electrons. The fraction of sp³-hybridized carbons (Fsp3) is 0.556. The van der Waals surface area contributed by atoms with Gasteiger partial charge in [0.25, 0.3) is 5.91 Å². The Morgan fingerprint density at radius 1 is 1.00 bits per heavy atom. The Hall–Kier alpha value is -1.63. The minimum Gasteiger partial charge on any atom is -0.356 e. The van der Waals surface area contributed by atoms with Crippen LogP contribution in [-0.4, -0.2) is 62.5 Å². The summed E-state index contributed by atoms with van der Waals surface area (Å²) in [6.45, 7) is 6.57. The lowest BCUT2D eigenvalue weighted by atomic mass is 10.2. The third kappa shape index (κ3) is 8.86. The summed E-state index contributed by atoms with van der Waals surface area (Å²) >= 11 is 0. The Balaban J connectivity index is 0.00000312. The van der Waals surface area contributed by atoms with Crippen molar-refractivity contribution in [2.75, 3.05) is 45.8 Å². The minimum atomic E-state index is -0.0907. The van der Waals surface area contributed by atoms with Crippen molar-refractivity contribution in [1.82, 2.24) is 20.9 Å². The summed E-state index contributed by atoms with van der Waals surface area (Å²) in [5.74, 6) is -0.0312. The molecule has 0 aliphatic carbocycles. The molecule has 1 aromatic carbocycles. The molecule has 2 rings (SSSR count). The number of halogens is 1. The molecular weight excluding hydrogens is 340 g/mol. The van der Waals surface area contributed by atoms with E-state index in [1.54, 1.807) is 12.1 Å². The molecule has 0 aromatic heterocycles. The van der Waals surface area contributed by atoms with E-state index in [1.165, 1.54) is 0 Å². The Morgan fingerprint density at radius 2 is 1.68 bits per heavy atom. The van der Waals surface area contributed by atoms with Crippen molar-refractivity contribution in [1.29, 1.82) is 0 Å². The highest BCUT2D eigenvalue weighted by molar-refractivity contribution is 5.94. The van der Waals surface area contributed by atoms with Gasteiger partial charge in [-0.2, -0.15) is 0 Å². The van der Waals surface area contributed by atoms with Gasteiger partial charge < -0.3 is 20.9 Å². The number of amides is 2. The molecule has 1 saturated heterocycles. The molecule has 1 aromatic rings. The highest BCUT2D eigenvalue weighted by atomic mass is 35.5. The highest BCUT2D eigenvalue weighted by Gasteiger charge is 2.09. The number of nitrogens with zero attached hydrogens (tertiary/aromatic N) is 1. The molecule has 0 unspecified atom stereocenters. The van der Waals surface area contributed by atoms with Gasteiger partial charge in [-0.05, 0) is 31.5 Å². The summed E-state index contributed by atoms with van der Waals surface area (Å²) in [6, 6.07) is 9.11. The minimum absolute atomic E-state index is 0. The van der Waals surface area contributed by atoms with Crippen molar-refractivity contribution in [3.8, 4) is 0 Å². The Morgan fingerprint density at radius 3 is 2.40 bits per heavy atom. The summed E-state index contributed by atoms with van der Waals surface area (Å²) in [5, 5.41) is 9.11. The second-order valence-corrected chi connectivity index (χ2v) is 6.02. The summed E-state index contributed by atoms with van der Waals surface area (Å²) in [7, 11) is 0. The number of carbonyl (C=O) groups excluding carboxylic acids is 2. The van der Waals surface area contributed by atoms with Crippen LogP contribution < -0.4 is 16.0 Å². The number of carbonyl (C=O) groups is 2. The van der Waals surface area contributed by atoms with Crippen LogP contribution in [0.3, 0.4) is 0 Å². The fourth-order valence-electron chi connectivity index (χ4n) is 2.70. The van der Waals surface area contributed by atoms with Crippen LogP contribution in [0.5, 0.6) is 0 Å². The molecular formula is C18H29ClN4O2. The van der Waals surface area contributed by atoms with Crippen molar-refractivity contribution < 1.29 is 9.59 Å². The van der Waals surface area contributed by atoms with Crippen LogP contribution >= 0.6 is 12.4 Å². The number of hydrogen-bond donors (Lipinski definition) is 3. The van der Waals surface area contributed by atoms with Gasteiger partial charge in [0.1, 0.15) is 0 Å². The highest BCUT2D eigenvalue weighted by Crippen LogP contribution is 1.98. The SMILES string of the molecule is Cl.O=C(CCCNC(=O)c1ccccc1)NCCCN1CCNCC1. The van der Waals surface area contributed by atoms with Crippen molar-refractivity contribution in [2.45, 2.75) is 19.3 Å². The normalized spacial score (nSPS) is 14.4. The van der Waals surface area contributed by atoms with Crippen LogP contribution in [0.1, 0.15) is 29.6 Å². The lowest BCUT2D eigenvalue weighted by Gasteiger charge is -2.27. The second-order valence-electron chi connectivity index (χ2n) is 6.02. The number of rotatable bonds is 9. The monoisotopic (exact) mass is 368 g/mol. The van der Waals surface area contributed by atoms with Crippen LogP contribution in [0.2, 0.25) is 0 Å². The second kappa shape index (κ2) is 12.7. The first-order chi connectivity index (χ1) is 11.8. The zero-order valence-corrected chi connectivity index (χ0v) is 15.4. The Kier molecular flexibility index (Phi) is 10.9. The van der Waals surface area contributed by atoms with Crippen molar-refractivity contribution >= 4 is 24.2 Å². The molecule has 1 aliphatic heterocycles. The van der Waals surface area contributed by atoms with Gasteiger partial charge in [-0.15, -0.1) is 12.4 Å². The van der Waals surface area contributed by atoms with Crippen LogP contribution in [0, 0.1) is 0 Å². The van der Waals surface area contributed by atoms with E-state index in [0.29, 0.717) is 24.9 Å². The molecule has 3 N–H and O–H groups in total. The first kappa shape index (κ1) is 21.4. The maximum atomic E-state index is 11.8. The van der Waals surface area contributed by atoms with Gasteiger partial charge in [0.15, 0.2) is 0 Å². The van der Waals surface area contributed by atoms with E-state index in [1.807, 2.05) is 18.2 Å². The van der Waals surface area contributed by atoms with Crippen LogP contribution in [0.15, 0.2) is 30.3 Å². The lowest BCUT2D eigenvalue weighted by molar-refractivity contribution is -0.121. The van der Waals surface area contributed by atoms with Gasteiger partial charge in [0.05, 0.1) is 0 Å². The molecule has 0 radical (unpaired) electrons. The van der Waals surface area contributed by atoms with E-state index < -0.39 is 0 Å². The first-order valence-corrected chi connectivity index (χ1v) is 8.79. The molecule has 0 bridgehead atoms. The molecule has 1 fully saturated rings. The summed E-state index contributed by atoms with van der Waals surface area (Å²) in [5.41, 5.74) is 0.648. The van der Waals surface area contributed by atoms with Crippen LogP contribution in [0.4, 0.5) is 0 Å². The fourth-order valence-corrected chi connectivity index (χ4v) is 2.70. The van der Waals surface area contributed by atoms with Gasteiger partial charge in [-0.1, -0.05) is 18.2 Å². The van der Waals surface area contributed by atoms with E-state index in [-0.39, 0.29) is 24.2 Å². The standard InChI is InChI=1S/C18H28N4O2.ClH/c23-17(20-10-5-13-22-14-11-19-12-15-22)8-4-9-21-18(24)16-6-2-1-3-7-16;/h1-3,6-7,19H,4-5,8-15H2,(H,20,23)(H,21,24);1H. The quantitative estimate of drug-likeness (QED) is 0.569. The number of nitrogens with one attached hydrogen (secondary N) is 3. The zero-order chi connectivity index (χ0) is 17.0. The average Bonchev–Trinajstić information content (AvgIpc) is 2.64. The van der Waals surface area contributed by atoms with E-state index in [2.05, 4.69) is 20.9 Å². The maximum Gasteiger partial charge on any atom is 0.251 e. The third-order valence-corrected chi connectivity index (χ3v) is 4.09. The topological polar surface area (TPSA) is 73.5 Å². The summed E-state index contributed by atoms with van der Waals surface area (Å²) in [6.07, 6.45) is 2.08. The van der Waals surface area contributed by atoms with Gasteiger partial charge in [0.2, 0.25) is 5.91 Å². The van der Waals surface area contributed by atoms with Gasteiger partial charge in [0, 0.05) is 51.3 Å². The first-order valence-electron chi connectivity index (χ1n) is 8.79. The molecule has 7 heteroatoms. The number of hydrogen-bond acceptors (Lipinski definition) is 4. The molecule has 0 atom stereocenters. The molecule has 1 heterocycles. The predicted molar refractivity (Wildman–Crippen MR) is 102 cm³/mol. The van der Waals surface area contributed by atoms with E-state index in [0.717, 1.165) is 45.7 Å². The average molecular weight is 369 g/mol. The van der Waals surface area contributed by atoms with Crippen LogP contribution in [-0.2, 0) is 4.79 Å². The molecule has 2 amide bonds. The van der Waals surface area contributed by atoms with E-state index >= 15 is 0 Å². The lowest BCUT2D eigenvalue weighted by Crippen LogP contribution is -2.44. The number of benzene rings is 1. The van der Waals surface area contributed by atoms with Gasteiger partial charge in [-0.25, -0.2) is 0 Å². The Bertz CT molecular complexity index is 507. The molecule has 25 heavy (non-hydrogen) atoms. The third-order valence-electron chi connectivity index (χ3n) is 4.09. The van der Waals surface area contributed by atoms with Crippen molar-refractivity contribution in [3.63, 3.8) is 0 Å². The molecule has 0 spiro atoms. The Labute approximate surface area is 156 Å². The van der Waals surface area contributed by atoms with Gasteiger partial charge in [-0.3, -0.25) is 9.59 Å². The smallest absolute Gasteiger partial charge is 0.251 e. The van der Waals surface area contributed by atoms with Gasteiger partial charge >= 0.3 is 0 Å². The number of piperazine rings is 1. The molecule has 1 aliphatic rings. The van der Waals surface area contributed by atoms with E-state index in [4.69, 9.17) is 0 Å². The van der Waals surface area contributed by atoms with E-state index in [9.17, 15) is 9.59 Å². The summed E-state index contributed by atoms with van der Waals surface area (Å²) < 4.78 is 0. The zero-order valence-electron chi connectivity index (χ0n) is 14.6. The maximum absolute atomic E-state index is 11.8. The van der Waals surface area contributed by atoms with Crippen LogP contribution in [0.25, 0.3) is 0 Å². The molecule has 0 saturated carbocycles. The van der Waals surface area contributed by atoms with Crippen molar-refractivity contribution in [3.05, 3.63) is 35.9 Å². The summed E-state index contributed by atoms with van der Waals surface area (Å²) in [4.78, 5) is 26.0. The predicted octanol–water partition coefficient (Wildman–Crippen LogP) is 1.03. The van der Waals surface area contributed by atoms with Crippen molar-refractivity contribution in [2.24, 2.45) is 0 Å². The molecule has 6 nitrogen and oxygen atoms in total.